The van der Waals surface area contributed by atoms with E-state index in [-0.39, 0.29) is 17.8 Å². The lowest BCUT2D eigenvalue weighted by molar-refractivity contribution is -0.135. The smallest absolute Gasteiger partial charge is 0.233 e. The van der Waals surface area contributed by atoms with Crippen LogP contribution in [-0.2, 0) is 4.79 Å². The van der Waals surface area contributed by atoms with Gasteiger partial charge in [0.05, 0.1) is 5.92 Å². The van der Waals surface area contributed by atoms with Gasteiger partial charge in [-0.3, -0.25) is 4.79 Å². The number of nitrogens with two attached hydrogens (primary N) is 1. The monoisotopic (exact) mass is 229 g/mol. The fourth-order valence-corrected chi connectivity index (χ4v) is 1.69. The summed E-state index contributed by atoms with van der Waals surface area (Å²) in [6.45, 7) is 8.46. The molecule has 0 bridgehead atoms. The van der Waals surface area contributed by atoms with Crippen LogP contribution in [0, 0.1) is 5.92 Å². The molecule has 1 amide bonds. The molecule has 3 N–H and O–H groups in total. The Hall–Kier alpha value is -1.26. The molecule has 0 saturated heterocycles. The zero-order chi connectivity index (χ0) is 12.7. The molecule has 0 heterocycles. The van der Waals surface area contributed by atoms with E-state index in [0.29, 0.717) is 13.0 Å². The van der Waals surface area contributed by atoms with E-state index < -0.39 is 5.92 Å². The van der Waals surface area contributed by atoms with Crippen molar-refractivity contribution in [1.82, 2.24) is 4.90 Å². The number of carbonyl (C=O) groups excluding carboxylic acids is 1. The average molecular weight is 229 g/mol. The van der Waals surface area contributed by atoms with Crippen LogP contribution in [0.2, 0.25) is 0 Å². The van der Waals surface area contributed by atoms with Crippen molar-refractivity contribution in [2.75, 3.05) is 6.54 Å². The van der Waals surface area contributed by atoms with Gasteiger partial charge in [-0.25, -0.2) is 0 Å². The number of amidine groups is 1. The summed E-state index contributed by atoms with van der Waals surface area (Å²) in [5.41, 5.74) is 5.52. The van der Waals surface area contributed by atoms with Crippen molar-refractivity contribution in [2.45, 2.75) is 46.6 Å². The highest BCUT2D eigenvalue weighted by atomic mass is 16.4. The van der Waals surface area contributed by atoms with Crippen molar-refractivity contribution >= 4 is 11.7 Å². The van der Waals surface area contributed by atoms with Crippen LogP contribution in [0.3, 0.4) is 0 Å². The van der Waals surface area contributed by atoms with Crippen molar-refractivity contribution in [2.24, 2.45) is 16.8 Å². The van der Waals surface area contributed by atoms with Crippen LogP contribution in [0.25, 0.3) is 0 Å². The van der Waals surface area contributed by atoms with Gasteiger partial charge in [0.15, 0.2) is 5.84 Å². The van der Waals surface area contributed by atoms with Crippen molar-refractivity contribution in [3.05, 3.63) is 0 Å². The van der Waals surface area contributed by atoms with Crippen LogP contribution in [0.5, 0.6) is 0 Å². The van der Waals surface area contributed by atoms with E-state index in [2.05, 4.69) is 5.16 Å². The maximum atomic E-state index is 12.2. The molecule has 5 heteroatoms. The standard InChI is InChI=1S/C11H23N3O2/c1-5-8(4)14(7-3)11(15)9(6-2)10(12)13-16/h8-9,16H,5-7H2,1-4H3,(H2,12,13). The third-order valence-electron chi connectivity index (χ3n) is 2.93. The molecule has 0 aromatic heterocycles. The summed E-state index contributed by atoms with van der Waals surface area (Å²) in [6, 6.07) is 0.179. The van der Waals surface area contributed by atoms with E-state index in [0.717, 1.165) is 6.42 Å². The summed E-state index contributed by atoms with van der Waals surface area (Å²) in [5, 5.41) is 11.6. The molecule has 94 valence electrons. The second-order valence-electron chi connectivity index (χ2n) is 3.87. The van der Waals surface area contributed by atoms with Crippen LogP contribution in [0.1, 0.15) is 40.5 Å². The minimum absolute atomic E-state index is 0.00532. The number of oxime groups is 1. The zero-order valence-electron chi connectivity index (χ0n) is 10.6. The SMILES string of the molecule is CCC(C(=O)N(CC)C(C)CC)C(N)=NO. The number of amides is 1. The summed E-state index contributed by atoms with van der Waals surface area (Å²) in [4.78, 5) is 13.9. The van der Waals surface area contributed by atoms with Crippen molar-refractivity contribution in [3.63, 3.8) is 0 Å². The molecule has 0 saturated carbocycles. The highest BCUT2D eigenvalue weighted by Crippen LogP contribution is 2.12. The van der Waals surface area contributed by atoms with Crippen LogP contribution in [0.15, 0.2) is 5.16 Å². The number of hydrogen-bond donors (Lipinski definition) is 2. The van der Waals surface area contributed by atoms with Gasteiger partial charge in [0.25, 0.3) is 0 Å². The van der Waals surface area contributed by atoms with Crippen LogP contribution in [-0.4, -0.2) is 34.4 Å². The molecular weight excluding hydrogens is 206 g/mol. The van der Waals surface area contributed by atoms with Crippen molar-refractivity contribution in [1.29, 1.82) is 0 Å². The number of nitrogens with zero attached hydrogens (tertiary/aromatic N) is 2. The van der Waals surface area contributed by atoms with Crippen LogP contribution in [0.4, 0.5) is 0 Å². The topological polar surface area (TPSA) is 78.9 Å². The lowest BCUT2D eigenvalue weighted by Crippen LogP contribution is -2.45. The Kier molecular flexibility index (Phi) is 6.53. The van der Waals surface area contributed by atoms with Gasteiger partial charge in [-0.2, -0.15) is 0 Å². The molecule has 5 nitrogen and oxygen atoms in total. The molecule has 0 spiro atoms. The first kappa shape index (κ1) is 14.7. The first-order valence-electron chi connectivity index (χ1n) is 5.81. The Morgan fingerprint density at radius 2 is 1.94 bits per heavy atom. The van der Waals surface area contributed by atoms with E-state index in [1.807, 2.05) is 27.7 Å². The molecule has 0 aliphatic rings. The van der Waals surface area contributed by atoms with Gasteiger partial charge in [-0.1, -0.05) is 19.0 Å². The van der Waals surface area contributed by atoms with E-state index in [4.69, 9.17) is 10.9 Å². The van der Waals surface area contributed by atoms with Gasteiger partial charge in [-0.05, 0) is 26.7 Å². The highest BCUT2D eigenvalue weighted by Gasteiger charge is 2.27. The normalized spacial score (nSPS) is 15.6. The van der Waals surface area contributed by atoms with E-state index in [9.17, 15) is 4.79 Å². The predicted octanol–water partition coefficient (Wildman–Crippen LogP) is 1.41. The van der Waals surface area contributed by atoms with Gasteiger partial charge in [0.2, 0.25) is 5.91 Å². The van der Waals surface area contributed by atoms with Gasteiger partial charge in [0.1, 0.15) is 0 Å². The summed E-state index contributed by atoms with van der Waals surface area (Å²) in [7, 11) is 0. The zero-order valence-corrected chi connectivity index (χ0v) is 10.6. The third-order valence-corrected chi connectivity index (χ3v) is 2.93. The molecule has 2 atom stereocenters. The Bertz CT molecular complexity index is 254. The molecule has 0 aromatic rings. The Morgan fingerprint density at radius 1 is 1.38 bits per heavy atom. The molecule has 0 aromatic carbocycles. The van der Waals surface area contributed by atoms with E-state index in [1.165, 1.54) is 0 Å². The van der Waals surface area contributed by atoms with Gasteiger partial charge in [0, 0.05) is 12.6 Å². The molecular formula is C11H23N3O2. The minimum atomic E-state index is -0.515. The summed E-state index contributed by atoms with van der Waals surface area (Å²) in [6.07, 6.45) is 1.44. The van der Waals surface area contributed by atoms with Gasteiger partial charge < -0.3 is 15.8 Å². The number of hydrogen-bond acceptors (Lipinski definition) is 3. The first-order valence-corrected chi connectivity index (χ1v) is 5.81. The number of carbonyl (C=O) groups is 1. The summed E-state index contributed by atoms with van der Waals surface area (Å²) < 4.78 is 0. The Balaban J connectivity index is 4.84. The molecule has 0 aliphatic heterocycles. The first-order chi connectivity index (χ1) is 7.53. The fraction of sp³-hybridized carbons (Fsp3) is 0.818. The van der Waals surface area contributed by atoms with Gasteiger partial charge in [-0.15, -0.1) is 0 Å². The van der Waals surface area contributed by atoms with Crippen molar-refractivity contribution < 1.29 is 10.0 Å². The molecule has 0 rings (SSSR count). The summed E-state index contributed by atoms with van der Waals surface area (Å²) in [5.74, 6) is -0.581. The maximum Gasteiger partial charge on any atom is 0.233 e. The van der Waals surface area contributed by atoms with E-state index >= 15 is 0 Å². The fourth-order valence-electron chi connectivity index (χ4n) is 1.69. The average Bonchev–Trinajstić information content (AvgIpc) is 2.30. The van der Waals surface area contributed by atoms with E-state index in [1.54, 1.807) is 4.90 Å². The largest absolute Gasteiger partial charge is 0.409 e. The van der Waals surface area contributed by atoms with Crippen molar-refractivity contribution in [3.8, 4) is 0 Å². The lowest BCUT2D eigenvalue weighted by Gasteiger charge is -2.30. The quantitative estimate of drug-likeness (QED) is 0.313. The van der Waals surface area contributed by atoms with Gasteiger partial charge >= 0.3 is 0 Å². The Morgan fingerprint density at radius 3 is 2.25 bits per heavy atom. The molecule has 0 radical (unpaired) electrons. The predicted molar refractivity (Wildman–Crippen MR) is 64.3 cm³/mol. The second-order valence-corrected chi connectivity index (χ2v) is 3.87. The maximum absolute atomic E-state index is 12.2. The number of rotatable bonds is 6. The molecule has 0 aliphatic carbocycles. The molecule has 16 heavy (non-hydrogen) atoms. The second kappa shape index (κ2) is 7.09. The highest BCUT2D eigenvalue weighted by molar-refractivity contribution is 6.02. The molecule has 0 fully saturated rings. The lowest BCUT2D eigenvalue weighted by atomic mass is 10.0. The van der Waals surface area contributed by atoms with Crippen LogP contribution < -0.4 is 5.73 Å². The summed E-state index contributed by atoms with van der Waals surface area (Å²) >= 11 is 0. The Labute approximate surface area is 97.3 Å². The molecule has 2 unspecified atom stereocenters. The van der Waals surface area contributed by atoms with Crippen LogP contribution >= 0.6 is 0 Å². The minimum Gasteiger partial charge on any atom is -0.409 e. The third kappa shape index (κ3) is 3.40.